The van der Waals surface area contributed by atoms with Crippen LogP contribution in [0.1, 0.15) is 223 Å². The van der Waals surface area contributed by atoms with Crippen LogP contribution in [0.25, 0.3) is 0 Å². The lowest BCUT2D eigenvalue weighted by molar-refractivity contribution is -0.170. The molecule has 1 fully saturated rings. The Morgan fingerprint density at radius 3 is 0.985 bits per heavy atom. The number of carboxylic acid groups (broad SMARTS) is 6. The van der Waals surface area contributed by atoms with Gasteiger partial charge in [-0.15, -0.1) is 20.4 Å². The number of cyclic esters (lactones) is 2. The molecule has 0 radical (unpaired) electrons. The number of carboxylic acids is 6. The lowest BCUT2D eigenvalue weighted by Gasteiger charge is -2.35. The Balaban J connectivity index is 0.00000172. The summed E-state index contributed by atoms with van der Waals surface area (Å²) < 4.78 is 55.0. The Kier molecular flexibility index (Phi) is 66.0. The number of hydrogen-bond donors (Lipinski definition) is 6. The number of methoxy groups -OCH3 is 6. The van der Waals surface area contributed by atoms with Gasteiger partial charge in [-0.05, 0) is 132 Å². The maximum Gasteiger partial charge on any atom is 0.320 e. The SMILES string of the molecule is CCCC(=O)C(C)C(C(=O)O)C(CC(C(=O)O)C(C(=O)O)C(CC(C(=O)OCC)C(C(=O)O)C(CC)OC)OC)OC.CCCC(=O)C(C)C(C(=O)O)C(CC1C(=O)OC(=O)C1C(CC(C(=O)OCC)C(C(=O)O)C(CC)OC)OC)OC.CCCCCCCCn1ccnn1.CCCCCCCCn1ccnn1.CN(C)CCCn1ccnn1.CN(C)CCCn1ccnn1. The minimum absolute atomic E-state index is 0.0310. The quantitative estimate of drug-likeness (QED) is 0.0103. The number of carbonyl (C=O) groups excluding carboxylic acids is 6. The molecule has 4 aromatic heterocycles. The van der Waals surface area contributed by atoms with Crippen LogP contribution in [0.5, 0.6) is 0 Å². The number of Topliss-reactive ketones (excluding diaryl/α,β-unsaturated/α-hetero) is 2. The van der Waals surface area contributed by atoms with Crippen molar-refractivity contribution in [2.45, 2.75) is 286 Å². The molecular weight excluding hydrogens is 1710 g/mol. The van der Waals surface area contributed by atoms with E-state index in [9.17, 15) is 88.2 Å². The van der Waals surface area contributed by atoms with Gasteiger partial charge in [-0.25, -0.2) is 0 Å². The summed E-state index contributed by atoms with van der Waals surface area (Å²) in [5, 5.41) is 90.7. The summed E-state index contributed by atoms with van der Waals surface area (Å²) in [6.45, 7) is 23.3. The topological polar surface area (TPSA) is 539 Å². The van der Waals surface area contributed by atoms with Crippen LogP contribution in [0, 0.1) is 71.0 Å². The monoisotopic (exact) mass is 1870 g/mol. The van der Waals surface area contributed by atoms with Gasteiger partial charge in [0.2, 0.25) is 0 Å². The second kappa shape index (κ2) is 71.1. The first-order valence-electron chi connectivity index (χ1n) is 45.8. The minimum atomic E-state index is -1.88. The van der Waals surface area contributed by atoms with E-state index in [-0.39, 0.29) is 63.3 Å². The average molecular weight is 1870 g/mol. The maximum atomic E-state index is 13.0. The molecule has 18 unspecified atom stereocenters. The van der Waals surface area contributed by atoms with E-state index >= 15 is 0 Å². The molecule has 1 saturated heterocycles. The number of rotatable bonds is 65. The molecule has 0 spiro atoms. The summed E-state index contributed by atoms with van der Waals surface area (Å²) in [4.78, 5) is 155. The third-order valence-corrected chi connectivity index (χ3v) is 22.8. The van der Waals surface area contributed by atoms with Crippen LogP contribution in [0.4, 0.5) is 0 Å². The molecule has 0 amide bonds. The van der Waals surface area contributed by atoms with Crippen LogP contribution < -0.4 is 0 Å². The molecule has 1 aliphatic heterocycles. The Morgan fingerprint density at radius 1 is 0.382 bits per heavy atom. The van der Waals surface area contributed by atoms with Gasteiger partial charge in [-0.1, -0.05) is 140 Å². The number of carbonyl (C=O) groups is 12. The summed E-state index contributed by atoms with van der Waals surface area (Å²) >= 11 is 0. The summed E-state index contributed by atoms with van der Waals surface area (Å²) in [7, 11) is 15.6. The number of unbranched alkanes of at least 4 members (excludes halogenated alkanes) is 10. The zero-order valence-electron chi connectivity index (χ0n) is 81.2. The van der Waals surface area contributed by atoms with Crippen molar-refractivity contribution in [2.75, 3.05) is 97.2 Å². The zero-order valence-corrected chi connectivity index (χ0v) is 81.2. The van der Waals surface area contributed by atoms with Crippen LogP contribution in [0.3, 0.4) is 0 Å². The van der Waals surface area contributed by atoms with Crippen molar-refractivity contribution in [3.63, 3.8) is 0 Å². The smallest absolute Gasteiger partial charge is 0.320 e. The van der Waals surface area contributed by atoms with Crippen molar-refractivity contribution in [3.05, 3.63) is 49.6 Å². The molecule has 41 heteroatoms. The summed E-state index contributed by atoms with van der Waals surface area (Å²) in [5.74, 6) is -29.7. The largest absolute Gasteiger partial charge is 0.481 e. The molecule has 4 aromatic rings. The van der Waals surface area contributed by atoms with Gasteiger partial charge in [-0.2, -0.15) is 0 Å². The first-order chi connectivity index (χ1) is 62.5. The number of nitrogens with zero attached hydrogens (tertiary/aromatic N) is 14. The summed E-state index contributed by atoms with van der Waals surface area (Å²) in [6, 6.07) is 0. The zero-order chi connectivity index (χ0) is 99.1. The van der Waals surface area contributed by atoms with Crippen molar-refractivity contribution in [1.29, 1.82) is 0 Å². The molecule has 748 valence electrons. The number of aromatic nitrogens is 12. The normalized spacial score (nSPS) is 16.6. The third-order valence-electron chi connectivity index (χ3n) is 22.8. The molecule has 18 atom stereocenters. The van der Waals surface area contributed by atoms with Crippen molar-refractivity contribution in [3.8, 4) is 0 Å². The lowest BCUT2D eigenvalue weighted by Crippen LogP contribution is -2.47. The molecule has 41 nitrogen and oxygen atoms in total. The fourth-order valence-electron chi connectivity index (χ4n) is 15.7. The standard InChI is InChI=1S/C28H46O14.C28H44O13.2C10H19N3.2C7H14N4/c1-8-11-17(29)14(4)21(25(32)33)19(40-6)12-15(24(30)31)22(26(34)35)20(41-7)13-16(28(38)42-10-3)23(27(36)37)18(9-2)39-5;1-8-11-17(29)14(4)21(24(30)31)19(38-6)13-16-23(28(36)41-27(16)35)20(39-7)12-15(26(34)40-10-3)22(25(32)33)18(9-2)37-5;2*1-2-3-4-5-6-7-9-13-10-8-11-12-13;2*1-10(2)5-3-6-11-7-4-8-9-11/h14-16,18-23H,8-13H2,1-7H3,(H,30,31)(H,32,33)(H,34,35)(H,36,37);14-16,18-23H,8-13H2,1-7H3,(H,30,31)(H,32,33);2*8,10H,2-7,9H2,1H3;2*4,7H,3,5-6H2,1-2H3. The number of aliphatic carboxylic acids is 6. The van der Waals surface area contributed by atoms with Crippen molar-refractivity contribution in [1.82, 2.24) is 69.8 Å². The molecule has 6 N–H and O–H groups in total. The molecular formula is C90H156N14O27. The number of aryl methyl sites for hydroxylation is 4. The van der Waals surface area contributed by atoms with E-state index in [1.165, 1.54) is 126 Å². The van der Waals surface area contributed by atoms with E-state index in [1.807, 2.05) is 43.5 Å². The summed E-state index contributed by atoms with van der Waals surface area (Å²) in [6.07, 6.45) is 25.5. The highest BCUT2D eigenvalue weighted by molar-refractivity contribution is 5.97. The van der Waals surface area contributed by atoms with Crippen LogP contribution in [0.15, 0.2) is 49.6 Å². The second-order valence-electron chi connectivity index (χ2n) is 32.8. The van der Waals surface area contributed by atoms with Crippen LogP contribution in [-0.2, 0) is 126 Å². The van der Waals surface area contributed by atoms with Crippen molar-refractivity contribution in [2.24, 2.45) is 71.0 Å². The van der Waals surface area contributed by atoms with Gasteiger partial charge in [0.25, 0.3) is 0 Å². The Bertz CT molecular complexity index is 3650. The number of hydrogen-bond acceptors (Lipinski definition) is 31. The predicted molar refractivity (Wildman–Crippen MR) is 480 cm³/mol. The molecule has 5 heterocycles. The molecule has 5 rings (SSSR count). The highest BCUT2D eigenvalue weighted by Crippen LogP contribution is 2.41. The number of ketones is 2. The number of ether oxygens (including phenoxy) is 9. The van der Waals surface area contributed by atoms with Crippen LogP contribution in [-0.4, -0.2) is 305 Å². The molecule has 0 aliphatic carbocycles. The van der Waals surface area contributed by atoms with Gasteiger partial charge in [0.05, 0.1) is 134 Å². The number of esters is 4. The van der Waals surface area contributed by atoms with Crippen LogP contribution in [0.2, 0.25) is 0 Å². The van der Waals surface area contributed by atoms with Gasteiger partial charge in [-0.3, -0.25) is 76.3 Å². The maximum absolute atomic E-state index is 13.0. The van der Waals surface area contributed by atoms with Crippen molar-refractivity contribution >= 4 is 71.3 Å². The van der Waals surface area contributed by atoms with Gasteiger partial charge in [0, 0.05) is 118 Å². The predicted octanol–water partition coefficient (Wildman–Crippen LogP) is 10.1. The Labute approximate surface area is 772 Å². The van der Waals surface area contributed by atoms with E-state index in [4.69, 9.17) is 42.6 Å². The average Bonchev–Trinajstić information content (AvgIpc) is 1.65. The van der Waals surface area contributed by atoms with E-state index in [0.29, 0.717) is 12.8 Å². The fraction of sp³-hybridized carbons (Fsp3) is 0.778. The highest BCUT2D eigenvalue weighted by Gasteiger charge is 2.54. The molecule has 1 aliphatic rings. The minimum Gasteiger partial charge on any atom is -0.481 e. The third kappa shape index (κ3) is 46.6. The van der Waals surface area contributed by atoms with Gasteiger partial charge in [0.15, 0.2) is 0 Å². The summed E-state index contributed by atoms with van der Waals surface area (Å²) in [5.41, 5.74) is 0. The lowest BCUT2D eigenvalue weighted by atomic mass is 9.74. The van der Waals surface area contributed by atoms with Crippen LogP contribution >= 0.6 is 0 Å². The van der Waals surface area contributed by atoms with Gasteiger partial charge < -0.3 is 83.1 Å². The first-order valence-corrected chi connectivity index (χ1v) is 45.8. The first kappa shape index (κ1) is 121. The van der Waals surface area contributed by atoms with E-state index < -0.39 is 180 Å². The molecule has 131 heavy (non-hydrogen) atoms. The fourth-order valence-corrected chi connectivity index (χ4v) is 15.7. The van der Waals surface area contributed by atoms with Gasteiger partial charge >= 0.3 is 59.7 Å². The Morgan fingerprint density at radius 2 is 0.695 bits per heavy atom. The van der Waals surface area contributed by atoms with Crippen molar-refractivity contribution < 1.29 is 131 Å². The van der Waals surface area contributed by atoms with E-state index in [0.717, 1.165) is 66.3 Å². The highest BCUT2D eigenvalue weighted by atomic mass is 16.6. The van der Waals surface area contributed by atoms with Gasteiger partial charge in [0.1, 0.15) is 11.6 Å². The molecule has 0 aromatic carbocycles. The van der Waals surface area contributed by atoms with E-state index in [1.54, 1.807) is 59.4 Å². The molecule has 0 bridgehead atoms. The van der Waals surface area contributed by atoms with E-state index in [2.05, 4.69) is 93.1 Å². The molecule has 0 saturated carbocycles. The Hall–Kier alpha value is -9.52. The second-order valence-corrected chi connectivity index (χ2v) is 32.8.